The van der Waals surface area contributed by atoms with Crippen molar-refractivity contribution in [2.45, 2.75) is 394 Å². The Labute approximate surface area is 490 Å². The van der Waals surface area contributed by atoms with Crippen molar-refractivity contribution >= 4 is 0 Å². The van der Waals surface area contributed by atoms with Crippen molar-refractivity contribution in [3.8, 4) is 0 Å². The van der Waals surface area contributed by atoms with Crippen molar-refractivity contribution < 1.29 is 0 Å². The van der Waals surface area contributed by atoms with Gasteiger partial charge in [0.2, 0.25) is 0 Å². The summed E-state index contributed by atoms with van der Waals surface area (Å²) in [7, 11) is 0. The third-order valence-corrected chi connectivity index (χ3v) is 10.8. The molecule has 0 aliphatic carbocycles. The zero-order chi connectivity index (χ0) is 61.5. The molecule has 0 nitrogen and oxygen atoms in total. The van der Waals surface area contributed by atoms with Gasteiger partial charge in [-0.25, -0.2) is 0 Å². The highest BCUT2D eigenvalue weighted by molar-refractivity contribution is 5.19. The highest BCUT2D eigenvalue weighted by Crippen LogP contribution is 2.35. The lowest BCUT2D eigenvalue weighted by Gasteiger charge is -2.33. The number of hydrogen-bond donors (Lipinski definition) is 0. The zero-order valence-electron chi connectivity index (χ0n) is 60.8. The van der Waals surface area contributed by atoms with Crippen LogP contribution < -0.4 is 0 Å². The molecule has 0 spiro atoms. The topological polar surface area (TPSA) is 0 Å². The Kier molecular flexibility index (Phi) is 236. The van der Waals surface area contributed by atoms with Crippen molar-refractivity contribution in [1.82, 2.24) is 0 Å². The van der Waals surface area contributed by atoms with Crippen LogP contribution in [0.2, 0.25) is 0 Å². The lowest BCUT2D eigenvalue weighted by atomic mass is 9.73. The first-order chi connectivity index (χ1) is 33.1. The van der Waals surface area contributed by atoms with Crippen LogP contribution in [0.5, 0.6) is 0 Å². The van der Waals surface area contributed by atoms with Gasteiger partial charge in [-0.1, -0.05) is 348 Å². The normalized spacial score (nSPS) is 12.0. The molecule has 0 aromatic heterocycles. The van der Waals surface area contributed by atoms with Crippen LogP contribution in [0.1, 0.15) is 394 Å². The lowest BCUT2D eigenvalue weighted by Crippen LogP contribution is -2.24. The molecule has 8 unspecified atom stereocenters. The molecule has 0 rings (SSSR count). The Morgan fingerprint density at radius 3 is 0.608 bits per heavy atom. The van der Waals surface area contributed by atoms with Gasteiger partial charge in [0, 0.05) is 0 Å². The third kappa shape index (κ3) is 115. The summed E-state index contributed by atoms with van der Waals surface area (Å²) in [5, 5.41) is 0. The Morgan fingerprint density at radius 1 is 0.257 bits per heavy atom. The highest BCUT2D eigenvalue weighted by Gasteiger charge is 2.26. The summed E-state index contributed by atoms with van der Waals surface area (Å²) in [6, 6.07) is 0. The molecule has 0 heteroatoms. The fourth-order valence-electron chi connectivity index (χ4n) is 7.12. The van der Waals surface area contributed by atoms with E-state index < -0.39 is 0 Å². The summed E-state index contributed by atoms with van der Waals surface area (Å²) in [4.78, 5) is 0. The molecule has 0 bridgehead atoms. The molecule has 478 valence electrons. The minimum absolute atomic E-state index is 0. The molecule has 0 radical (unpaired) electrons. The smallest absolute Gasteiger partial charge is 0.0195 e. The van der Waals surface area contributed by atoms with Crippen LogP contribution >= 0.6 is 0 Å². The molecule has 0 amide bonds. The fourth-order valence-corrected chi connectivity index (χ4v) is 7.12. The largest absolute Gasteiger partial charge is 0.100 e. The van der Waals surface area contributed by atoms with E-state index in [1.54, 1.807) is 22.3 Å². The summed E-state index contributed by atoms with van der Waals surface area (Å²) < 4.78 is 0. The van der Waals surface area contributed by atoms with Gasteiger partial charge in [0.15, 0.2) is 0 Å². The average Bonchev–Trinajstić information content (AvgIpc) is 3.40. The van der Waals surface area contributed by atoms with Gasteiger partial charge in [-0.15, -0.1) is 6.58 Å². The van der Waals surface area contributed by atoms with Crippen LogP contribution in [0.15, 0.2) is 34.4 Å². The van der Waals surface area contributed by atoms with E-state index in [9.17, 15) is 0 Å². The van der Waals surface area contributed by atoms with E-state index in [4.69, 9.17) is 0 Å². The van der Waals surface area contributed by atoms with Crippen LogP contribution in [0, 0.1) is 65.1 Å². The number of hydrogen-bond acceptors (Lipinski definition) is 0. The van der Waals surface area contributed by atoms with E-state index in [1.807, 2.05) is 194 Å². The molecule has 0 N–H and O–H groups in total. The Balaban J connectivity index is -0.0000000285. The van der Waals surface area contributed by atoms with Crippen molar-refractivity contribution in [2.24, 2.45) is 65.1 Å². The van der Waals surface area contributed by atoms with E-state index in [1.165, 1.54) is 37.7 Å². The van der Waals surface area contributed by atoms with Crippen LogP contribution in [0.4, 0.5) is 0 Å². The Morgan fingerprint density at radius 2 is 0.432 bits per heavy atom. The standard InChI is InChI=1S/C21H44.C21H38.14C2H6.4CH4/c2*1-14(2)11-16(5)20(9)18(7)13-19(8)21(10)17(6)12-15(3)4;14*1-2;;;;/h14-21H,11-13H2,1-10H3;15-16,19H,1,11-13H2,2-10H3;14*1-2H3;4*1H4/b;20-18+,21-17+;;;;;;;;;;;;;;;;;;. The quantitative estimate of drug-likeness (QED) is 0.120. The second kappa shape index (κ2) is 129. The molecule has 0 aromatic rings. The van der Waals surface area contributed by atoms with Gasteiger partial charge in [0.25, 0.3) is 0 Å². The molecule has 0 aliphatic rings. The molecular formula is C74H182. The minimum Gasteiger partial charge on any atom is -0.100 e. The van der Waals surface area contributed by atoms with E-state index in [0.29, 0.717) is 11.8 Å². The summed E-state index contributed by atoms with van der Waals surface area (Å²) in [6.07, 6.45) is 7.67. The first-order valence-corrected chi connectivity index (χ1v) is 32.1. The van der Waals surface area contributed by atoms with E-state index in [2.05, 4.69) is 138 Å². The Bertz CT molecular complexity index is 761. The minimum atomic E-state index is 0. The van der Waals surface area contributed by atoms with Crippen molar-refractivity contribution in [3.05, 3.63) is 34.4 Å². The first-order valence-electron chi connectivity index (χ1n) is 32.1. The van der Waals surface area contributed by atoms with Crippen LogP contribution in [-0.4, -0.2) is 0 Å². The summed E-state index contributed by atoms with van der Waals surface area (Å²) in [6.45, 7) is 105. The molecule has 0 aromatic carbocycles. The number of rotatable bonds is 18. The molecule has 8 atom stereocenters. The van der Waals surface area contributed by atoms with Crippen molar-refractivity contribution in [2.75, 3.05) is 0 Å². The molecule has 0 saturated carbocycles. The fraction of sp³-hybridized carbons (Fsp3) is 0.919. The molecule has 0 aliphatic heterocycles. The zero-order valence-corrected chi connectivity index (χ0v) is 60.8. The molecule has 0 saturated heterocycles. The van der Waals surface area contributed by atoms with Crippen LogP contribution in [0.25, 0.3) is 0 Å². The van der Waals surface area contributed by atoms with Gasteiger partial charge in [-0.05, 0) is 138 Å². The monoisotopic (exact) mass is 1070 g/mol. The third-order valence-electron chi connectivity index (χ3n) is 10.8. The van der Waals surface area contributed by atoms with Gasteiger partial charge < -0.3 is 0 Å². The SMILES string of the molecule is C.C.C.C.C=C(C)CC(C)/C(C)=C(\C)CC(C)/C(C)=C(\C)CC(C)C.CC.CC.CC.CC.CC.CC.CC.CC.CC.CC.CC.CC.CC.CC.CC(C)CC(C)C(C)C(C)CC(C)C(C)C(C)CC(C)C. The van der Waals surface area contributed by atoms with Crippen LogP contribution in [-0.2, 0) is 0 Å². The molecular weight excluding hydrogens is 889 g/mol. The Hall–Kier alpha value is -0.780. The van der Waals surface area contributed by atoms with Crippen molar-refractivity contribution in [3.63, 3.8) is 0 Å². The van der Waals surface area contributed by atoms with E-state index in [0.717, 1.165) is 59.7 Å². The maximum Gasteiger partial charge on any atom is -0.0195 e. The van der Waals surface area contributed by atoms with Gasteiger partial charge >= 0.3 is 0 Å². The van der Waals surface area contributed by atoms with Gasteiger partial charge in [0.05, 0.1) is 0 Å². The average molecular weight is 1070 g/mol. The van der Waals surface area contributed by atoms with Gasteiger partial charge in [0.1, 0.15) is 0 Å². The van der Waals surface area contributed by atoms with Gasteiger partial charge in [-0.3, -0.25) is 0 Å². The second-order valence-corrected chi connectivity index (χ2v) is 16.8. The molecule has 0 heterocycles. The number of allylic oxidation sites excluding steroid dienone is 5. The predicted molar refractivity (Wildman–Crippen MR) is 383 cm³/mol. The van der Waals surface area contributed by atoms with Crippen LogP contribution in [0.3, 0.4) is 0 Å². The van der Waals surface area contributed by atoms with Crippen molar-refractivity contribution in [1.29, 1.82) is 0 Å². The molecule has 74 heavy (non-hydrogen) atoms. The maximum absolute atomic E-state index is 4.05. The van der Waals surface area contributed by atoms with Gasteiger partial charge in [-0.2, -0.15) is 0 Å². The second-order valence-electron chi connectivity index (χ2n) is 16.8. The first kappa shape index (κ1) is 135. The maximum atomic E-state index is 4.05. The summed E-state index contributed by atoms with van der Waals surface area (Å²) >= 11 is 0. The summed E-state index contributed by atoms with van der Waals surface area (Å²) in [5.74, 6) is 8.79. The van der Waals surface area contributed by atoms with E-state index >= 15 is 0 Å². The molecule has 0 fully saturated rings. The lowest BCUT2D eigenvalue weighted by molar-refractivity contribution is 0.169. The van der Waals surface area contributed by atoms with E-state index in [-0.39, 0.29) is 29.7 Å². The summed E-state index contributed by atoms with van der Waals surface area (Å²) in [5.41, 5.74) is 7.57. The predicted octanol–water partition coefficient (Wildman–Crippen LogP) is 31.5. The highest BCUT2D eigenvalue weighted by atomic mass is 14.3.